The van der Waals surface area contributed by atoms with E-state index in [1.807, 2.05) is 17.8 Å². The van der Waals surface area contributed by atoms with Crippen molar-refractivity contribution in [2.45, 2.75) is 50.8 Å². The average Bonchev–Trinajstić information content (AvgIpc) is 2.42. The van der Waals surface area contributed by atoms with Gasteiger partial charge in [-0.3, -0.25) is 0 Å². The van der Waals surface area contributed by atoms with Gasteiger partial charge < -0.3 is 0 Å². The summed E-state index contributed by atoms with van der Waals surface area (Å²) in [5.41, 5.74) is 1.55. The van der Waals surface area contributed by atoms with Gasteiger partial charge in [0.1, 0.15) is 0 Å². The molecule has 1 aromatic rings. The lowest BCUT2D eigenvalue weighted by Gasteiger charge is -2.13. The molecule has 1 rings (SSSR count). The zero-order chi connectivity index (χ0) is 13.2. The molecule has 0 unspecified atom stereocenters. The van der Waals surface area contributed by atoms with Gasteiger partial charge in [0.15, 0.2) is 0 Å². The molecular weight excluding hydrogens is 236 g/mol. The van der Waals surface area contributed by atoms with Crippen molar-refractivity contribution in [3.63, 3.8) is 0 Å². The molecule has 0 spiro atoms. The van der Waals surface area contributed by atoms with E-state index < -0.39 is 0 Å². The maximum absolute atomic E-state index is 3.87. The molecule has 98 valence electrons. The molecule has 0 aliphatic heterocycles. The van der Waals surface area contributed by atoms with E-state index in [4.69, 9.17) is 0 Å². The van der Waals surface area contributed by atoms with Gasteiger partial charge in [-0.2, -0.15) is 0 Å². The lowest BCUT2D eigenvalue weighted by atomic mass is 10.1. The fraction of sp³-hybridized carbons (Fsp3) is 0.412. The highest BCUT2D eigenvalue weighted by Crippen LogP contribution is 2.34. The van der Waals surface area contributed by atoms with Gasteiger partial charge in [-0.05, 0) is 42.7 Å². The molecule has 1 aromatic carbocycles. The molecule has 0 nitrogen and oxygen atoms in total. The van der Waals surface area contributed by atoms with Crippen molar-refractivity contribution in [3.05, 3.63) is 53.5 Å². The molecule has 0 N–H and O–H groups in total. The Morgan fingerprint density at radius 3 is 2.50 bits per heavy atom. The van der Waals surface area contributed by atoms with Crippen LogP contribution in [0.25, 0.3) is 0 Å². The Hall–Kier alpha value is -0.950. The summed E-state index contributed by atoms with van der Waals surface area (Å²) in [7, 11) is 0. The van der Waals surface area contributed by atoms with Crippen LogP contribution >= 0.6 is 11.8 Å². The Morgan fingerprint density at radius 1 is 1.22 bits per heavy atom. The highest BCUT2D eigenvalue weighted by molar-refractivity contribution is 8.03. The molecular formula is C17H24S. The summed E-state index contributed by atoms with van der Waals surface area (Å²) < 4.78 is 0. The van der Waals surface area contributed by atoms with Crippen molar-refractivity contribution >= 4 is 11.8 Å². The summed E-state index contributed by atoms with van der Waals surface area (Å²) >= 11 is 1.93. The molecule has 0 aliphatic rings. The fourth-order valence-electron chi connectivity index (χ4n) is 1.90. The van der Waals surface area contributed by atoms with Crippen LogP contribution in [0.2, 0.25) is 0 Å². The Labute approximate surface area is 116 Å². The van der Waals surface area contributed by atoms with Crippen LogP contribution in [0.15, 0.2) is 58.4 Å². The van der Waals surface area contributed by atoms with Gasteiger partial charge in [-0.1, -0.05) is 61.9 Å². The van der Waals surface area contributed by atoms with Crippen molar-refractivity contribution in [2.75, 3.05) is 0 Å². The number of hydrogen-bond acceptors (Lipinski definition) is 1. The molecule has 0 saturated heterocycles. The normalized spacial score (nSPS) is 12.1. The fourth-order valence-corrected chi connectivity index (χ4v) is 3.09. The van der Waals surface area contributed by atoms with E-state index in [9.17, 15) is 0 Å². The second-order valence-corrected chi connectivity index (χ2v) is 5.56. The predicted octanol–water partition coefficient (Wildman–Crippen LogP) is 6.21. The van der Waals surface area contributed by atoms with Gasteiger partial charge in [0.2, 0.25) is 0 Å². The van der Waals surface area contributed by atoms with Crippen LogP contribution in [-0.2, 0) is 0 Å². The Balaban J connectivity index is 2.86. The third-order valence-corrected chi connectivity index (χ3v) is 4.20. The standard InChI is InChI=1S/C17H24S/c1-4-7-14-17(15(6-3)11-5-2)18-16-12-9-8-10-13-16/h5,8-10,12-13H,2,4,6-7,11,14H2,1,3H3/b17-15-. The maximum Gasteiger partial charge on any atom is 0.0119 e. The van der Waals surface area contributed by atoms with Gasteiger partial charge in [0, 0.05) is 4.90 Å². The second kappa shape index (κ2) is 9.04. The highest BCUT2D eigenvalue weighted by Gasteiger charge is 2.06. The van der Waals surface area contributed by atoms with Crippen LogP contribution < -0.4 is 0 Å². The summed E-state index contributed by atoms with van der Waals surface area (Å²) in [4.78, 5) is 2.89. The molecule has 0 aliphatic carbocycles. The van der Waals surface area contributed by atoms with Crippen LogP contribution in [0, 0.1) is 0 Å². The van der Waals surface area contributed by atoms with E-state index in [1.165, 1.54) is 24.2 Å². The van der Waals surface area contributed by atoms with Gasteiger partial charge >= 0.3 is 0 Å². The molecule has 0 bridgehead atoms. The summed E-state index contributed by atoms with van der Waals surface area (Å²) in [6.07, 6.45) is 7.91. The zero-order valence-corrected chi connectivity index (χ0v) is 12.4. The molecule has 18 heavy (non-hydrogen) atoms. The lowest BCUT2D eigenvalue weighted by Crippen LogP contribution is -1.89. The van der Waals surface area contributed by atoms with Gasteiger partial charge in [0.05, 0.1) is 0 Å². The van der Waals surface area contributed by atoms with E-state index in [1.54, 1.807) is 10.5 Å². The Kier molecular flexibility index (Phi) is 7.59. The van der Waals surface area contributed by atoms with E-state index >= 15 is 0 Å². The molecule has 0 amide bonds. The second-order valence-electron chi connectivity index (χ2n) is 4.39. The monoisotopic (exact) mass is 260 g/mol. The van der Waals surface area contributed by atoms with Crippen LogP contribution in [0.1, 0.15) is 46.0 Å². The van der Waals surface area contributed by atoms with Gasteiger partial charge in [0.25, 0.3) is 0 Å². The molecule has 0 fully saturated rings. The third-order valence-electron chi connectivity index (χ3n) is 2.95. The number of benzene rings is 1. The first-order chi connectivity index (χ1) is 8.81. The maximum atomic E-state index is 3.87. The molecule has 0 radical (unpaired) electrons. The van der Waals surface area contributed by atoms with Crippen molar-refractivity contribution in [2.24, 2.45) is 0 Å². The van der Waals surface area contributed by atoms with Crippen LogP contribution in [-0.4, -0.2) is 0 Å². The first-order valence-electron chi connectivity index (χ1n) is 6.86. The Bertz CT molecular complexity index is 376. The number of thioether (sulfide) groups is 1. The smallest absolute Gasteiger partial charge is 0.0119 e. The zero-order valence-electron chi connectivity index (χ0n) is 11.6. The first kappa shape index (κ1) is 15.1. The first-order valence-corrected chi connectivity index (χ1v) is 7.68. The number of hydrogen-bond donors (Lipinski definition) is 0. The molecule has 1 heteroatoms. The summed E-state index contributed by atoms with van der Waals surface area (Å²) in [6, 6.07) is 10.7. The number of unbranched alkanes of at least 4 members (excludes halogenated alkanes) is 1. The van der Waals surface area contributed by atoms with Crippen LogP contribution in [0.3, 0.4) is 0 Å². The number of rotatable bonds is 8. The van der Waals surface area contributed by atoms with Gasteiger partial charge in [-0.15, -0.1) is 6.58 Å². The highest BCUT2D eigenvalue weighted by atomic mass is 32.2. The van der Waals surface area contributed by atoms with Crippen molar-refractivity contribution in [3.8, 4) is 0 Å². The minimum absolute atomic E-state index is 1.02. The number of allylic oxidation sites excluding steroid dienone is 3. The summed E-state index contributed by atoms with van der Waals surface area (Å²) in [6.45, 7) is 8.37. The van der Waals surface area contributed by atoms with E-state index in [0.717, 1.165) is 12.8 Å². The van der Waals surface area contributed by atoms with E-state index in [2.05, 4.69) is 50.8 Å². The van der Waals surface area contributed by atoms with Crippen molar-refractivity contribution in [1.29, 1.82) is 0 Å². The van der Waals surface area contributed by atoms with Crippen molar-refractivity contribution < 1.29 is 0 Å². The minimum atomic E-state index is 1.02. The third kappa shape index (κ3) is 5.14. The van der Waals surface area contributed by atoms with E-state index in [0.29, 0.717) is 0 Å². The van der Waals surface area contributed by atoms with E-state index in [-0.39, 0.29) is 0 Å². The van der Waals surface area contributed by atoms with Crippen LogP contribution in [0.4, 0.5) is 0 Å². The van der Waals surface area contributed by atoms with Crippen molar-refractivity contribution in [1.82, 2.24) is 0 Å². The van der Waals surface area contributed by atoms with Gasteiger partial charge in [-0.25, -0.2) is 0 Å². The topological polar surface area (TPSA) is 0 Å². The lowest BCUT2D eigenvalue weighted by molar-refractivity contribution is 0.797. The molecule has 0 saturated carbocycles. The summed E-state index contributed by atoms with van der Waals surface area (Å²) in [5, 5.41) is 0. The van der Waals surface area contributed by atoms with Crippen LogP contribution in [0.5, 0.6) is 0 Å². The summed E-state index contributed by atoms with van der Waals surface area (Å²) in [5.74, 6) is 0. The Morgan fingerprint density at radius 2 is 1.94 bits per heavy atom. The SMILES string of the molecule is C=CC/C(CC)=C(/CCCC)Sc1ccccc1. The predicted molar refractivity (Wildman–Crippen MR) is 84.0 cm³/mol. The quantitative estimate of drug-likeness (QED) is 0.395. The molecule has 0 atom stereocenters. The molecule has 0 aromatic heterocycles. The largest absolute Gasteiger partial charge is 0.103 e. The minimum Gasteiger partial charge on any atom is -0.103 e. The molecule has 0 heterocycles. The average molecular weight is 260 g/mol.